The Morgan fingerprint density at radius 1 is 1.47 bits per heavy atom. The molecule has 1 aliphatic heterocycles. The molecule has 0 amide bonds. The van der Waals surface area contributed by atoms with E-state index in [0.717, 1.165) is 25.2 Å². The van der Waals surface area contributed by atoms with Crippen LogP contribution in [0.3, 0.4) is 0 Å². The summed E-state index contributed by atoms with van der Waals surface area (Å²) in [5.74, 6) is 0.593. The number of hydrogen-bond donors (Lipinski definition) is 2. The molecule has 0 spiro atoms. The summed E-state index contributed by atoms with van der Waals surface area (Å²) in [4.78, 5) is 2.42. The molecule has 1 aromatic heterocycles. The molecule has 4 nitrogen and oxygen atoms in total. The molecule has 1 fully saturated rings. The molecule has 17 heavy (non-hydrogen) atoms. The predicted molar refractivity (Wildman–Crippen MR) is 68.5 cm³/mol. The molecular formula is C13H18N4. The summed E-state index contributed by atoms with van der Waals surface area (Å²) >= 11 is 0. The van der Waals surface area contributed by atoms with Gasteiger partial charge in [0, 0.05) is 31.1 Å². The zero-order chi connectivity index (χ0) is 11.8. The van der Waals surface area contributed by atoms with E-state index < -0.39 is 0 Å². The van der Waals surface area contributed by atoms with Crippen LogP contribution >= 0.6 is 0 Å². The second-order valence-electron chi connectivity index (χ2n) is 5.09. The fourth-order valence-electron chi connectivity index (χ4n) is 2.63. The molecule has 2 unspecified atom stereocenters. The molecule has 2 atom stereocenters. The average Bonchev–Trinajstić information content (AvgIpc) is 2.87. The van der Waals surface area contributed by atoms with E-state index in [9.17, 15) is 0 Å². The normalized spacial score (nSPS) is 25.8. The van der Waals surface area contributed by atoms with E-state index in [-0.39, 0.29) is 0 Å². The van der Waals surface area contributed by atoms with Crippen molar-refractivity contribution in [2.75, 3.05) is 13.1 Å². The maximum Gasteiger partial charge on any atom is 0.0695 e. The van der Waals surface area contributed by atoms with E-state index in [2.05, 4.69) is 40.2 Å². The van der Waals surface area contributed by atoms with Gasteiger partial charge in [-0.05, 0) is 11.5 Å². The van der Waals surface area contributed by atoms with Crippen LogP contribution in [0.15, 0.2) is 24.4 Å². The quantitative estimate of drug-likeness (QED) is 0.818. The van der Waals surface area contributed by atoms with Gasteiger partial charge in [-0.25, -0.2) is 0 Å². The van der Waals surface area contributed by atoms with Crippen LogP contribution in [0.4, 0.5) is 0 Å². The fraction of sp³-hybridized carbons (Fsp3) is 0.462. The van der Waals surface area contributed by atoms with Crippen molar-refractivity contribution in [1.82, 2.24) is 15.1 Å². The number of fused-ring (bicyclic) bond motifs is 1. The molecule has 0 saturated carbocycles. The number of para-hydroxylation sites is 1. The Bertz CT molecular complexity index is 509. The summed E-state index contributed by atoms with van der Waals surface area (Å²) in [6.45, 7) is 5.26. The van der Waals surface area contributed by atoms with Crippen molar-refractivity contribution in [2.45, 2.75) is 19.5 Å². The van der Waals surface area contributed by atoms with Gasteiger partial charge < -0.3 is 5.73 Å². The van der Waals surface area contributed by atoms with Crippen molar-refractivity contribution in [3.05, 3.63) is 30.0 Å². The Kier molecular flexibility index (Phi) is 2.61. The first kappa shape index (κ1) is 10.7. The third-order valence-corrected chi connectivity index (χ3v) is 3.70. The smallest absolute Gasteiger partial charge is 0.0695 e. The van der Waals surface area contributed by atoms with E-state index in [1.54, 1.807) is 0 Å². The number of nitrogens with zero attached hydrogens (tertiary/aromatic N) is 2. The summed E-state index contributed by atoms with van der Waals surface area (Å²) in [5.41, 5.74) is 8.51. The van der Waals surface area contributed by atoms with E-state index in [1.165, 1.54) is 10.9 Å². The number of aromatic nitrogens is 2. The van der Waals surface area contributed by atoms with E-state index >= 15 is 0 Å². The maximum atomic E-state index is 6.05. The Morgan fingerprint density at radius 3 is 3.12 bits per heavy atom. The minimum atomic E-state index is 0.316. The van der Waals surface area contributed by atoms with E-state index in [1.807, 2.05) is 6.20 Å². The summed E-state index contributed by atoms with van der Waals surface area (Å²) in [6.07, 6.45) is 1.87. The Morgan fingerprint density at radius 2 is 2.35 bits per heavy atom. The van der Waals surface area contributed by atoms with Crippen molar-refractivity contribution >= 4 is 10.9 Å². The highest BCUT2D eigenvalue weighted by atomic mass is 15.2. The van der Waals surface area contributed by atoms with Gasteiger partial charge in [0.1, 0.15) is 0 Å². The first-order valence-electron chi connectivity index (χ1n) is 6.13. The Labute approximate surface area is 101 Å². The molecular weight excluding hydrogens is 212 g/mol. The lowest BCUT2D eigenvalue weighted by atomic mass is 10.1. The molecule has 0 aliphatic carbocycles. The third kappa shape index (κ3) is 1.94. The van der Waals surface area contributed by atoms with Crippen LogP contribution < -0.4 is 5.73 Å². The number of likely N-dealkylation sites (tertiary alicyclic amines) is 1. The molecule has 2 aromatic rings. The molecule has 0 radical (unpaired) electrons. The van der Waals surface area contributed by atoms with Gasteiger partial charge in [0.05, 0.1) is 11.7 Å². The first-order valence-corrected chi connectivity index (χ1v) is 6.13. The number of nitrogens with two attached hydrogens (primary N) is 1. The third-order valence-electron chi connectivity index (χ3n) is 3.70. The zero-order valence-corrected chi connectivity index (χ0v) is 10.1. The minimum Gasteiger partial charge on any atom is -0.326 e. The van der Waals surface area contributed by atoms with Crippen molar-refractivity contribution in [1.29, 1.82) is 0 Å². The number of benzene rings is 1. The number of nitrogens with one attached hydrogen (secondary N) is 1. The predicted octanol–water partition coefficient (Wildman–Crippen LogP) is 1.34. The van der Waals surface area contributed by atoms with Crippen LogP contribution in [0.5, 0.6) is 0 Å². The van der Waals surface area contributed by atoms with Gasteiger partial charge in [-0.15, -0.1) is 0 Å². The average molecular weight is 230 g/mol. The molecule has 3 rings (SSSR count). The van der Waals surface area contributed by atoms with Gasteiger partial charge in [0.25, 0.3) is 0 Å². The minimum absolute atomic E-state index is 0.316. The molecule has 4 heteroatoms. The van der Waals surface area contributed by atoms with Crippen molar-refractivity contribution < 1.29 is 0 Å². The maximum absolute atomic E-state index is 6.05. The molecule has 1 aromatic carbocycles. The molecule has 1 aliphatic rings. The Hall–Kier alpha value is -1.39. The number of hydrogen-bond acceptors (Lipinski definition) is 3. The molecule has 1 saturated heterocycles. The van der Waals surface area contributed by atoms with E-state index in [0.29, 0.717) is 12.0 Å². The Balaban J connectivity index is 1.83. The molecule has 2 heterocycles. The standard InChI is InChI=1S/C13H18N4/c1-9-6-17(8-12(9)14)7-11-4-2-3-10-5-15-16-13(10)11/h2-5,9,12H,6-8,14H2,1H3,(H,15,16). The number of rotatable bonds is 2. The summed E-state index contributed by atoms with van der Waals surface area (Å²) < 4.78 is 0. The number of H-pyrrole nitrogens is 1. The lowest BCUT2D eigenvalue weighted by Gasteiger charge is -2.15. The van der Waals surface area contributed by atoms with Crippen LogP contribution in [0, 0.1) is 5.92 Å². The van der Waals surface area contributed by atoms with Crippen molar-refractivity contribution in [3.8, 4) is 0 Å². The summed E-state index contributed by atoms with van der Waals surface area (Å²) in [7, 11) is 0. The van der Waals surface area contributed by atoms with E-state index in [4.69, 9.17) is 5.73 Å². The highest BCUT2D eigenvalue weighted by Gasteiger charge is 2.26. The van der Waals surface area contributed by atoms with Gasteiger partial charge >= 0.3 is 0 Å². The van der Waals surface area contributed by atoms with Crippen LogP contribution in [0.25, 0.3) is 10.9 Å². The van der Waals surface area contributed by atoms with Crippen LogP contribution in [-0.2, 0) is 6.54 Å². The molecule has 90 valence electrons. The van der Waals surface area contributed by atoms with Crippen LogP contribution in [0.2, 0.25) is 0 Å². The summed E-state index contributed by atoms with van der Waals surface area (Å²) in [5, 5.41) is 8.35. The van der Waals surface area contributed by atoms with Gasteiger partial charge in [0.2, 0.25) is 0 Å². The first-order chi connectivity index (χ1) is 8.24. The lowest BCUT2D eigenvalue weighted by molar-refractivity contribution is 0.320. The number of aromatic amines is 1. The van der Waals surface area contributed by atoms with Gasteiger partial charge in [-0.3, -0.25) is 10.00 Å². The van der Waals surface area contributed by atoms with Crippen molar-refractivity contribution in [3.63, 3.8) is 0 Å². The van der Waals surface area contributed by atoms with Gasteiger partial charge in [0.15, 0.2) is 0 Å². The summed E-state index contributed by atoms with van der Waals surface area (Å²) in [6, 6.07) is 6.65. The zero-order valence-electron chi connectivity index (χ0n) is 10.1. The lowest BCUT2D eigenvalue weighted by Crippen LogP contribution is -2.28. The SMILES string of the molecule is CC1CN(Cc2cccc3cn[nH]c23)CC1N. The second kappa shape index (κ2) is 4.13. The monoisotopic (exact) mass is 230 g/mol. The van der Waals surface area contributed by atoms with Crippen LogP contribution in [-0.4, -0.2) is 34.2 Å². The van der Waals surface area contributed by atoms with Crippen molar-refractivity contribution in [2.24, 2.45) is 11.7 Å². The van der Waals surface area contributed by atoms with Gasteiger partial charge in [-0.2, -0.15) is 5.10 Å². The highest BCUT2D eigenvalue weighted by Crippen LogP contribution is 2.21. The highest BCUT2D eigenvalue weighted by molar-refractivity contribution is 5.81. The second-order valence-corrected chi connectivity index (χ2v) is 5.09. The molecule has 3 N–H and O–H groups in total. The fourth-order valence-corrected chi connectivity index (χ4v) is 2.63. The topological polar surface area (TPSA) is 57.9 Å². The van der Waals surface area contributed by atoms with Gasteiger partial charge in [-0.1, -0.05) is 25.1 Å². The van der Waals surface area contributed by atoms with Crippen LogP contribution in [0.1, 0.15) is 12.5 Å². The largest absolute Gasteiger partial charge is 0.326 e. The molecule has 0 bridgehead atoms.